The number of hydrogen-bond donors (Lipinski definition) is 0. The summed E-state index contributed by atoms with van der Waals surface area (Å²) in [6.07, 6.45) is 0. The summed E-state index contributed by atoms with van der Waals surface area (Å²) in [6, 6.07) is 6.27. The van der Waals surface area contributed by atoms with Crippen molar-refractivity contribution >= 4 is 23.1 Å². The van der Waals surface area contributed by atoms with Crippen molar-refractivity contribution in [1.82, 2.24) is 9.97 Å². The molecule has 0 atom stereocenters. The molecule has 0 unspecified atom stereocenters. The van der Waals surface area contributed by atoms with Gasteiger partial charge in [-0.25, -0.2) is 14.4 Å². The number of hydrogen-bond acceptors (Lipinski definition) is 3. The normalized spacial score (nSPS) is 11.6. The van der Waals surface area contributed by atoms with Crippen LogP contribution in [0.5, 0.6) is 0 Å². The Morgan fingerprint density at radius 1 is 1.10 bits per heavy atom. The second-order valence-corrected chi connectivity index (χ2v) is 6.43. The van der Waals surface area contributed by atoms with Gasteiger partial charge in [0, 0.05) is 23.7 Å². The van der Waals surface area contributed by atoms with Crippen LogP contribution in [0.2, 0.25) is 5.15 Å². The maximum Gasteiger partial charge on any atom is 0.140 e. The SMILES string of the molecule is Cc1c(Cl)nc(C(C)(C)C)nc1N(C)c1ccc(F)cc1. The Bertz CT molecular complexity index is 648. The molecule has 2 aromatic rings. The Morgan fingerprint density at radius 2 is 1.67 bits per heavy atom. The summed E-state index contributed by atoms with van der Waals surface area (Å²) in [5.74, 6) is 1.15. The molecule has 1 heterocycles. The van der Waals surface area contributed by atoms with Gasteiger partial charge in [0.05, 0.1) is 0 Å². The van der Waals surface area contributed by atoms with Crippen LogP contribution < -0.4 is 4.90 Å². The predicted molar refractivity (Wildman–Crippen MR) is 84.9 cm³/mol. The van der Waals surface area contributed by atoms with Crippen LogP contribution in [0.3, 0.4) is 0 Å². The Kier molecular flexibility index (Phi) is 4.19. The van der Waals surface area contributed by atoms with Crippen molar-refractivity contribution in [3.05, 3.63) is 46.6 Å². The van der Waals surface area contributed by atoms with Gasteiger partial charge >= 0.3 is 0 Å². The molecule has 0 aliphatic heterocycles. The summed E-state index contributed by atoms with van der Waals surface area (Å²) < 4.78 is 13.1. The monoisotopic (exact) mass is 307 g/mol. The number of anilines is 2. The van der Waals surface area contributed by atoms with Crippen molar-refractivity contribution in [2.24, 2.45) is 0 Å². The van der Waals surface area contributed by atoms with E-state index >= 15 is 0 Å². The molecule has 0 saturated heterocycles. The van der Waals surface area contributed by atoms with Gasteiger partial charge in [0.25, 0.3) is 0 Å². The molecule has 0 aliphatic carbocycles. The van der Waals surface area contributed by atoms with Gasteiger partial charge in [-0.2, -0.15) is 0 Å². The Hall–Kier alpha value is -1.68. The average Bonchev–Trinajstić information content (AvgIpc) is 2.40. The van der Waals surface area contributed by atoms with Crippen LogP contribution in [0, 0.1) is 12.7 Å². The minimum atomic E-state index is -0.264. The van der Waals surface area contributed by atoms with Crippen molar-refractivity contribution in [2.45, 2.75) is 33.1 Å². The van der Waals surface area contributed by atoms with E-state index in [4.69, 9.17) is 11.6 Å². The third-order valence-corrected chi connectivity index (χ3v) is 3.63. The zero-order valence-electron chi connectivity index (χ0n) is 12.9. The second-order valence-electron chi connectivity index (χ2n) is 6.07. The van der Waals surface area contributed by atoms with Gasteiger partial charge in [0.2, 0.25) is 0 Å². The minimum absolute atomic E-state index is 0.199. The molecule has 21 heavy (non-hydrogen) atoms. The lowest BCUT2D eigenvalue weighted by Gasteiger charge is -2.24. The quantitative estimate of drug-likeness (QED) is 0.757. The van der Waals surface area contributed by atoms with Crippen LogP contribution in [0.4, 0.5) is 15.9 Å². The highest BCUT2D eigenvalue weighted by molar-refractivity contribution is 6.30. The van der Waals surface area contributed by atoms with E-state index in [1.807, 2.05) is 39.6 Å². The third kappa shape index (κ3) is 3.32. The van der Waals surface area contributed by atoms with Gasteiger partial charge in [-0.3, -0.25) is 0 Å². The van der Waals surface area contributed by atoms with Crippen molar-refractivity contribution in [1.29, 1.82) is 0 Å². The Balaban J connectivity index is 2.52. The zero-order valence-corrected chi connectivity index (χ0v) is 13.7. The molecule has 1 aromatic heterocycles. The fraction of sp³-hybridized carbons (Fsp3) is 0.375. The van der Waals surface area contributed by atoms with E-state index < -0.39 is 0 Å². The van der Waals surface area contributed by atoms with E-state index in [1.54, 1.807) is 12.1 Å². The Labute approximate surface area is 129 Å². The summed E-state index contributed by atoms with van der Waals surface area (Å²) in [7, 11) is 1.88. The highest BCUT2D eigenvalue weighted by atomic mass is 35.5. The summed E-state index contributed by atoms with van der Waals surface area (Å²) in [6.45, 7) is 7.99. The third-order valence-electron chi connectivity index (χ3n) is 3.26. The van der Waals surface area contributed by atoms with Crippen molar-refractivity contribution in [3.8, 4) is 0 Å². The fourth-order valence-electron chi connectivity index (χ4n) is 1.93. The molecule has 0 saturated carbocycles. The maximum atomic E-state index is 13.1. The molecule has 0 amide bonds. The summed E-state index contributed by atoms with van der Waals surface area (Å²) in [4.78, 5) is 10.9. The molecule has 1 aromatic carbocycles. The molecule has 2 rings (SSSR count). The van der Waals surface area contributed by atoms with Gasteiger partial charge < -0.3 is 4.90 Å². The first-order valence-electron chi connectivity index (χ1n) is 6.74. The van der Waals surface area contributed by atoms with Crippen LogP contribution in [0.15, 0.2) is 24.3 Å². The summed E-state index contributed by atoms with van der Waals surface area (Å²) >= 11 is 6.24. The lowest BCUT2D eigenvalue weighted by molar-refractivity contribution is 0.544. The topological polar surface area (TPSA) is 29.0 Å². The minimum Gasteiger partial charge on any atom is -0.329 e. The highest BCUT2D eigenvalue weighted by Gasteiger charge is 2.22. The lowest BCUT2D eigenvalue weighted by atomic mass is 9.95. The molecule has 0 radical (unpaired) electrons. The standard InChI is InChI=1S/C16H19ClFN3/c1-10-13(17)19-15(16(2,3)4)20-14(10)21(5)12-8-6-11(18)7-9-12/h6-9H,1-5H3. The van der Waals surface area contributed by atoms with Gasteiger partial charge in [-0.05, 0) is 31.2 Å². The number of halogens is 2. The first-order chi connectivity index (χ1) is 9.70. The van der Waals surface area contributed by atoms with Gasteiger partial charge in [-0.1, -0.05) is 32.4 Å². The molecule has 3 nitrogen and oxygen atoms in total. The van der Waals surface area contributed by atoms with Crippen LogP contribution in [-0.2, 0) is 5.41 Å². The molecule has 0 fully saturated rings. The number of rotatable bonds is 2. The molecule has 0 N–H and O–H groups in total. The first-order valence-corrected chi connectivity index (χ1v) is 7.12. The molecule has 0 spiro atoms. The molecule has 0 aliphatic rings. The number of aromatic nitrogens is 2. The summed E-state index contributed by atoms with van der Waals surface area (Å²) in [5.41, 5.74) is 1.45. The largest absolute Gasteiger partial charge is 0.329 e. The zero-order chi connectivity index (χ0) is 15.8. The van der Waals surface area contributed by atoms with Crippen LogP contribution in [0.1, 0.15) is 32.2 Å². The van der Waals surface area contributed by atoms with E-state index in [-0.39, 0.29) is 11.2 Å². The lowest BCUT2D eigenvalue weighted by Crippen LogP contribution is -2.21. The number of benzene rings is 1. The van der Waals surface area contributed by atoms with Crippen LogP contribution >= 0.6 is 11.6 Å². The van der Waals surface area contributed by atoms with Gasteiger partial charge in [0.1, 0.15) is 22.6 Å². The average molecular weight is 308 g/mol. The molecule has 5 heteroatoms. The highest BCUT2D eigenvalue weighted by Crippen LogP contribution is 2.31. The number of nitrogens with zero attached hydrogens (tertiary/aromatic N) is 3. The predicted octanol–water partition coefficient (Wildman–Crippen LogP) is 4.64. The van der Waals surface area contributed by atoms with Crippen LogP contribution in [-0.4, -0.2) is 17.0 Å². The smallest absolute Gasteiger partial charge is 0.140 e. The molecule has 0 bridgehead atoms. The van der Waals surface area contributed by atoms with E-state index in [0.29, 0.717) is 11.0 Å². The first kappa shape index (κ1) is 15.7. The Morgan fingerprint density at radius 3 is 2.19 bits per heavy atom. The molecule has 112 valence electrons. The van der Waals surface area contributed by atoms with Crippen molar-refractivity contribution < 1.29 is 4.39 Å². The van der Waals surface area contributed by atoms with E-state index in [0.717, 1.165) is 17.1 Å². The van der Waals surface area contributed by atoms with E-state index in [1.165, 1.54) is 12.1 Å². The van der Waals surface area contributed by atoms with Crippen LogP contribution in [0.25, 0.3) is 0 Å². The van der Waals surface area contributed by atoms with Gasteiger partial charge in [-0.15, -0.1) is 0 Å². The van der Waals surface area contributed by atoms with Crippen molar-refractivity contribution in [3.63, 3.8) is 0 Å². The molecular formula is C16H19ClFN3. The maximum absolute atomic E-state index is 13.1. The van der Waals surface area contributed by atoms with E-state index in [2.05, 4.69) is 9.97 Å². The van der Waals surface area contributed by atoms with Crippen molar-refractivity contribution in [2.75, 3.05) is 11.9 Å². The fourth-order valence-corrected chi connectivity index (χ4v) is 2.09. The summed E-state index contributed by atoms with van der Waals surface area (Å²) in [5, 5.41) is 0.443. The second kappa shape index (κ2) is 5.60. The van der Waals surface area contributed by atoms with E-state index in [9.17, 15) is 4.39 Å². The molecular weight excluding hydrogens is 289 g/mol. The van der Waals surface area contributed by atoms with Gasteiger partial charge in [0.15, 0.2) is 0 Å².